The fourth-order valence-electron chi connectivity index (χ4n) is 2.73. The van der Waals surface area contributed by atoms with E-state index in [9.17, 15) is 0 Å². The van der Waals surface area contributed by atoms with Crippen LogP contribution in [0.5, 0.6) is 0 Å². The molecular weight excluding hydrogens is 252 g/mol. The van der Waals surface area contributed by atoms with Crippen molar-refractivity contribution in [1.29, 1.82) is 0 Å². The monoisotopic (exact) mass is 276 g/mol. The van der Waals surface area contributed by atoms with Gasteiger partial charge in [0.05, 0.1) is 6.26 Å². The van der Waals surface area contributed by atoms with Gasteiger partial charge in [0.1, 0.15) is 5.58 Å². The van der Waals surface area contributed by atoms with Crippen molar-refractivity contribution < 1.29 is 13.9 Å². The number of furan rings is 1. The molecule has 0 saturated heterocycles. The van der Waals surface area contributed by atoms with Gasteiger partial charge in [-0.15, -0.1) is 0 Å². The van der Waals surface area contributed by atoms with E-state index in [2.05, 4.69) is 32.9 Å². The Hall–Kier alpha value is -1.32. The van der Waals surface area contributed by atoms with Crippen LogP contribution in [-0.2, 0) is 9.47 Å². The van der Waals surface area contributed by atoms with Crippen molar-refractivity contribution in [2.75, 3.05) is 14.2 Å². The van der Waals surface area contributed by atoms with E-state index in [1.165, 1.54) is 22.1 Å². The highest BCUT2D eigenvalue weighted by atomic mass is 16.7. The number of fused-ring (bicyclic) bond motifs is 1. The van der Waals surface area contributed by atoms with Gasteiger partial charge in [-0.1, -0.05) is 6.92 Å². The quantitative estimate of drug-likeness (QED) is 0.725. The van der Waals surface area contributed by atoms with Crippen molar-refractivity contribution in [3.63, 3.8) is 0 Å². The van der Waals surface area contributed by atoms with Gasteiger partial charge >= 0.3 is 0 Å². The summed E-state index contributed by atoms with van der Waals surface area (Å²) in [5.41, 5.74) is 4.84. The Morgan fingerprint density at radius 3 is 2.40 bits per heavy atom. The van der Waals surface area contributed by atoms with E-state index in [-0.39, 0.29) is 6.29 Å². The molecule has 110 valence electrons. The van der Waals surface area contributed by atoms with Crippen LogP contribution < -0.4 is 0 Å². The fourth-order valence-corrected chi connectivity index (χ4v) is 2.73. The molecule has 2 rings (SSSR count). The van der Waals surface area contributed by atoms with E-state index in [1.54, 1.807) is 14.2 Å². The molecule has 3 nitrogen and oxygen atoms in total. The Balaban J connectivity index is 2.17. The summed E-state index contributed by atoms with van der Waals surface area (Å²) >= 11 is 0. The molecule has 0 bridgehead atoms. The third-order valence-electron chi connectivity index (χ3n) is 4.05. The zero-order chi connectivity index (χ0) is 14.7. The normalized spacial score (nSPS) is 13.3. The van der Waals surface area contributed by atoms with Gasteiger partial charge in [0.2, 0.25) is 0 Å². The van der Waals surface area contributed by atoms with Crippen molar-refractivity contribution in [1.82, 2.24) is 0 Å². The molecule has 0 aliphatic heterocycles. The lowest BCUT2D eigenvalue weighted by Crippen LogP contribution is -2.13. The van der Waals surface area contributed by atoms with Gasteiger partial charge in [-0.05, 0) is 61.4 Å². The molecule has 0 radical (unpaired) electrons. The molecule has 0 amide bonds. The largest absolute Gasteiger partial charge is 0.464 e. The van der Waals surface area contributed by atoms with Crippen LogP contribution in [0.25, 0.3) is 11.0 Å². The number of hydrogen-bond donors (Lipinski definition) is 0. The second-order valence-electron chi connectivity index (χ2n) is 5.50. The maximum absolute atomic E-state index is 5.61. The Kier molecular flexibility index (Phi) is 4.84. The third-order valence-corrected chi connectivity index (χ3v) is 4.05. The van der Waals surface area contributed by atoms with Gasteiger partial charge in [0.25, 0.3) is 0 Å². The first-order valence-electron chi connectivity index (χ1n) is 7.10. The van der Waals surface area contributed by atoms with Crippen molar-refractivity contribution in [2.45, 2.75) is 45.8 Å². The molecule has 1 aromatic carbocycles. The Bertz CT molecular complexity index is 567. The van der Waals surface area contributed by atoms with Crippen LogP contribution in [0.4, 0.5) is 0 Å². The summed E-state index contributed by atoms with van der Waals surface area (Å²) in [4.78, 5) is 0. The summed E-state index contributed by atoms with van der Waals surface area (Å²) in [6.07, 6.45) is 3.62. The summed E-state index contributed by atoms with van der Waals surface area (Å²) < 4.78 is 16.1. The average molecular weight is 276 g/mol. The highest BCUT2D eigenvalue weighted by Gasteiger charge is 2.14. The molecule has 0 N–H and O–H groups in total. The maximum Gasteiger partial charge on any atom is 0.156 e. The predicted octanol–water partition coefficient (Wildman–Crippen LogP) is 4.55. The van der Waals surface area contributed by atoms with E-state index in [0.717, 1.165) is 18.4 Å². The van der Waals surface area contributed by atoms with E-state index in [1.807, 2.05) is 6.26 Å². The van der Waals surface area contributed by atoms with Crippen LogP contribution in [0.15, 0.2) is 22.8 Å². The molecular formula is C17H24O3. The smallest absolute Gasteiger partial charge is 0.156 e. The minimum atomic E-state index is -0.118. The molecule has 0 fully saturated rings. The lowest BCUT2D eigenvalue weighted by Gasteiger charge is -2.18. The molecule has 0 spiro atoms. The fraction of sp³-hybridized carbons (Fsp3) is 0.529. The van der Waals surface area contributed by atoms with E-state index >= 15 is 0 Å². The molecule has 0 aliphatic carbocycles. The molecule has 1 atom stereocenters. The van der Waals surface area contributed by atoms with Gasteiger partial charge < -0.3 is 13.9 Å². The molecule has 0 aliphatic rings. The van der Waals surface area contributed by atoms with Crippen LogP contribution in [0.2, 0.25) is 0 Å². The van der Waals surface area contributed by atoms with Crippen LogP contribution in [0, 0.1) is 13.8 Å². The minimum absolute atomic E-state index is 0.118. The van der Waals surface area contributed by atoms with Crippen molar-refractivity contribution in [3.05, 3.63) is 35.1 Å². The summed E-state index contributed by atoms with van der Waals surface area (Å²) in [5, 5.41) is 1.21. The van der Waals surface area contributed by atoms with Crippen molar-refractivity contribution >= 4 is 11.0 Å². The van der Waals surface area contributed by atoms with Gasteiger partial charge in [0, 0.05) is 19.6 Å². The molecule has 1 heterocycles. The van der Waals surface area contributed by atoms with Gasteiger partial charge in [-0.2, -0.15) is 0 Å². The van der Waals surface area contributed by atoms with Crippen LogP contribution in [0.3, 0.4) is 0 Å². The molecule has 3 heteroatoms. The average Bonchev–Trinajstić information content (AvgIpc) is 2.80. The summed E-state index contributed by atoms with van der Waals surface area (Å²) in [7, 11) is 3.36. The Morgan fingerprint density at radius 1 is 1.05 bits per heavy atom. The maximum atomic E-state index is 5.61. The van der Waals surface area contributed by atoms with Gasteiger partial charge in [0.15, 0.2) is 6.29 Å². The highest BCUT2D eigenvalue weighted by molar-refractivity contribution is 5.82. The molecule has 20 heavy (non-hydrogen) atoms. The van der Waals surface area contributed by atoms with E-state index in [0.29, 0.717) is 5.92 Å². The summed E-state index contributed by atoms with van der Waals surface area (Å²) in [6.45, 7) is 6.49. The lowest BCUT2D eigenvalue weighted by atomic mass is 9.91. The standard InChI is InChI=1S/C17H24O3/c1-11(6-7-17(18-4)19-5)14-9-16-15(8-12(14)2)13(3)10-20-16/h8-11,17H,6-7H2,1-5H3. The SMILES string of the molecule is COC(CCC(C)c1cc2occ(C)c2cc1C)OC. The number of aryl methyl sites for hydroxylation is 2. The van der Waals surface area contributed by atoms with Crippen molar-refractivity contribution in [3.8, 4) is 0 Å². The van der Waals surface area contributed by atoms with Gasteiger partial charge in [-0.25, -0.2) is 0 Å². The van der Waals surface area contributed by atoms with Crippen molar-refractivity contribution in [2.24, 2.45) is 0 Å². The zero-order valence-corrected chi connectivity index (χ0v) is 13.0. The Morgan fingerprint density at radius 2 is 1.75 bits per heavy atom. The number of methoxy groups -OCH3 is 2. The third kappa shape index (κ3) is 3.05. The zero-order valence-electron chi connectivity index (χ0n) is 13.0. The molecule has 1 aromatic heterocycles. The van der Waals surface area contributed by atoms with Crippen LogP contribution in [0.1, 0.15) is 42.4 Å². The molecule has 2 aromatic rings. The van der Waals surface area contributed by atoms with E-state index in [4.69, 9.17) is 13.9 Å². The number of rotatable bonds is 6. The number of benzene rings is 1. The first-order valence-corrected chi connectivity index (χ1v) is 7.10. The van der Waals surface area contributed by atoms with Crippen LogP contribution in [-0.4, -0.2) is 20.5 Å². The number of hydrogen-bond acceptors (Lipinski definition) is 3. The van der Waals surface area contributed by atoms with E-state index < -0.39 is 0 Å². The predicted molar refractivity (Wildman–Crippen MR) is 81.1 cm³/mol. The molecule has 0 saturated carbocycles. The second-order valence-corrected chi connectivity index (χ2v) is 5.50. The Labute approximate surface area is 120 Å². The lowest BCUT2D eigenvalue weighted by molar-refractivity contribution is -0.107. The first-order chi connectivity index (χ1) is 9.56. The molecule has 1 unspecified atom stereocenters. The van der Waals surface area contributed by atoms with Crippen LogP contribution >= 0.6 is 0 Å². The summed E-state index contributed by atoms with van der Waals surface area (Å²) in [5.74, 6) is 0.456. The van der Waals surface area contributed by atoms with Gasteiger partial charge in [-0.3, -0.25) is 0 Å². The first kappa shape index (κ1) is 15.1. The minimum Gasteiger partial charge on any atom is -0.464 e. The number of ether oxygens (including phenoxy) is 2. The highest BCUT2D eigenvalue weighted by Crippen LogP contribution is 2.31. The second kappa shape index (κ2) is 6.42. The topological polar surface area (TPSA) is 31.6 Å². The summed E-state index contributed by atoms with van der Waals surface area (Å²) in [6, 6.07) is 4.40.